The van der Waals surface area contributed by atoms with E-state index in [9.17, 15) is 9.59 Å². The van der Waals surface area contributed by atoms with Gasteiger partial charge in [0.05, 0.1) is 23.0 Å². The van der Waals surface area contributed by atoms with Gasteiger partial charge in [0.1, 0.15) is 0 Å². The molecule has 0 aliphatic carbocycles. The van der Waals surface area contributed by atoms with Crippen molar-refractivity contribution in [2.75, 3.05) is 6.61 Å². The first-order valence-corrected chi connectivity index (χ1v) is 8.82. The minimum atomic E-state index is -0.577. The Kier molecular flexibility index (Phi) is 4.72. The molecule has 138 valence electrons. The highest BCUT2D eigenvalue weighted by atomic mass is 16.5. The third kappa shape index (κ3) is 3.55. The number of aryl methyl sites for hydroxylation is 1. The van der Waals surface area contributed by atoms with Crippen LogP contribution < -0.4 is 0 Å². The molecule has 0 spiro atoms. The number of hydrogen-bond donors (Lipinski definition) is 0. The Labute approximate surface area is 161 Å². The molecule has 0 aliphatic heterocycles. The standard InChI is InChI=1S/C23H17NO4/c1-15-8-10-16(11-9-15)20-13-18(17-5-2-3-6-19(17)24-20)23(26)28-14-21(25)22-7-4-12-27-22/h2-13H,14H2,1H3. The second kappa shape index (κ2) is 7.48. The largest absolute Gasteiger partial charge is 0.461 e. The van der Waals surface area contributed by atoms with E-state index < -0.39 is 11.8 Å². The van der Waals surface area contributed by atoms with Crippen LogP contribution in [0.1, 0.15) is 26.5 Å². The van der Waals surface area contributed by atoms with Gasteiger partial charge in [-0.25, -0.2) is 9.78 Å². The fourth-order valence-corrected chi connectivity index (χ4v) is 2.93. The molecular weight excluding hydrogens is 354 g/mol. The maximum absolute atomic E-state index is 12.7. The summed E-state index contributed by atoms with van der Waals surface area (Å²) in [5.41, 5.74) is 3.76. The Hall–Kier alpha value is -3.73. The van der Waals surface area contributed by atoms with Crippen LogP contribution in [0.15, 0.2) is 77.4 Å². The van der Waals surface area contributed by atoms with Gasteiger partial charge in [-0.2, -0.15) is 0 Å². The lowest BCUT2D eigenvalue weighted by molar-refractivity contribution is 0.0469. The molecule has 2 aromatic carbocycles. The summed E-state index contributed by atoms with van der Waals surface area (Å²) in [7, 11) is 0. The molecule has 0 saturated heterocycles. The molecule has 4 aromatic rings. The first kappa shape index (κ1) is 17.7. The van der Waals surface area contributed by atoms with E-state index in [0.717, 1.165) is 11.1 Å². The number of pyridine rings is 1. The number of ketones is 1. The number of Topliss-reactive ketones (excluding diaryl/α,β-unsaturated/α-hetero) is 1. The van der Waals surface area contributed by atoms with Crippen molar-refractivity contribution in [1.82, 2.24) is 4.98 Å². The highest BCUT2D eigenvalue weighted by Gasteiger charge is 2.18. The van der Waals surface area contributed by atoms with E-state index in [1.54, 1.807) is 12.1 Å². The minimum Gasteiger partial charge on any atom is -0.461 e. The zero-order valence-corrected chi connectivity index (χ0v) is 15.2. The predicted molar refractivity (Wildman–Crippen MR) is 105 cm³/mol. The number of fused-ring (bicyclic) bond motifs is 1. The van der Waals surface area contributed by atoms with Gasteiger partial charge in [-0.05, 0) is 31.2 Å². The molecule has 2 heterocycles. The molecular formula is C23H17NO4. The first-order chi connectivity index (χ1) is 13.6. The van der Waals surface area contributed by atoms with Crippen molar-refractivity contribution in [3.8, 4) is 11.3 Å². The van der Waals surface area contributed by atoms with Gasteiger partial charge in [-0.15, -0.1) is 0 Å². The molecule has 0 atom stereocenters. The number of furan rings is 1. The number of esters is 1. The van der Waals surface area contributed by atoms with E-state index in [1.165, 1.54) is 12.3 Å². The quantitative estimate of drug-likeness (QED) is 0.371. The van der Waals surface area contributed by atoms with Crippen LogP contribution in [-0.2, 0) is 4.74 Å². The average molecular weight is 371 g/mol. The van der Waals surface area contributed by atoms with Crippen molar-refractivity contribution in [3.63, 3.8) is 0 Å². The summed E-state index contributed by atoms with van der Waals surface area (Å²) in [6.45, 7) is 1.62. The zero-order valence-electron chi connectivity index (χ0n) is 15.2. The Balaban J connectivity index is 1.67. The van der Waals surface area contributed by atoms with E-state index in [2.05, 4.69) is 4.98 Å². The Morgan fingerprint density at radius 2 is 1.79 bits per heavy atom. The van der Waals surface area contributed by atoms with Crippen LogP contribution in [0.2, 0.25) is 0 Å². The number of para-hydroxylation sites is 1. The monoisotopic (exact) mass is 371 g/mol. The summed E-state index contributed by atoms with van der Waals surface area (Å²) >= 11 is 0. The van der Waals surface area contributed by atoms with Gasteiger partial charge in [0.2, 0.25) is 5.78 Å². The number of aromatic nitrogens is 1. The summed E-state index contributed by atoms with van der Waals surface area (Å²) in [6.07, 6.45) is 1.40. The number of carbonyl (C=O) groups excluding carboxylic acids is 2. The van der Waals surface area contributed by atoms with Crippen molar-refractivity contribution in [2.24, 2.45) is 0 Å². The molecule has 0 radical (unpaired) electrons. The molecule has 5 heteroatoms. The van der Waals surface area contributed by atoms with Gasteiger partial charge >= 0.3 is 5.97 Å². The number of carbonyl (C=O) groups is 2. The van der Waals surface area contributed by atoms with Crippen molar-refractivity contribution in [2.45, 2.75) is 6.92 Å². The number of nitrogens with zero attached hydrogens (tertiary/aromatic N) is 1. The van der Waals surface area contributed by atoms with Crippen LogP contribution in [0.3, 0.4) is 0 Å². The number of benzene rings is 2. The van der Waals surface area contributed by atoms with Crippen LogP contribution in [0.25, 0.3) is 22.2 Å². The Bertz CT molecular complexity index is 1150. The van der Waals surface area contributed by atoms with E-state index in [0.29, 0.717) is 22.2 Å². The number of ether oxygens (including phenoxy) is 1. The zero-order chi connectivity index (χ0) is 19.5. The highest BCUT2D eigenvalue weighted by Crippen LogP contribution is 2.25. The first-order valence-electron chi connectivity index (χ1n) is 8.82. The summed E-state index contributed by atoms with van der Waals surface area (Å²) in [6, 6.07) is 20.1. The van der Waals surface area contributed by atoms with Gasteiger partial charge in [0.25, 0.3) is 0 Å². The molecule has 0 amide bonds. The van der Waals surface area contributed by atoms with Crippen LogP contribution in [0, 0.1) is 6.92 Å². The lowest BCUT2D eigenvalue weighted by atomic mass is 10.0. The molecule has 0 fully saturated rings. The lowest BCUT2D eigenvalue weighted by Crippen LogP contribution is -2.14. The van der Waals surface area contributed by atoms with Gasteiger partial charge in [-0.3, -0.25) is 4.79 Å². The fraction of sp³-hybridized carbons (Fsp3) is 0.0870. The van der Waals surface area contributed by atoms with Crippen LogP contribution >= 0.6 is 0 Å². The van der Waals surface area contributed by atoms with Gasteiger partial charge in [0, 0.05) is 10.9 Å². The second-order valence-corrected chi connectivity index (χ2v) is 6.41. The molecule has 0 N–H and O–H groups in total. The van der Waals surface area contributed by atoms with Crippen molar-refractivity contribution < 1.29 is 18.7 Å². The molecule has 4 rings (SSSR count). The maximum atomic E-state index is 12.7. The van der Waals surface area contributed by atoms with Crippen LogP contribution in [-0.4, -0.2) is 23.3 Å². The van der Waals surface area contributed by atoms with Crippen molar-refractivity contribution in [3.05, 3.63) is 89.9 Å². The smallest absolute Gasteiger partial charge is 0.339 e. The summed E-state index contributed by atoms with van der Waals surface area (Å²) in [5.74, 6) is -0.810. The Morgan fingerprint density at radius 3 is 2.54 bits per heavy atom. The molecule has 0 saturated carbocycles. The molecule has 28 heavy (non-hydrogen) atoms. The highest BCUT2D eigenvalue weighted by molar-refractivity contribution is 6.05. The number of hydrogen-bond acceptors (Lipinski definition) is 5. The maximum Gasteiger partial charge on any atom is 0.339 e. The second-order valence-electron chi connectivity index (χ2n) is 6.41. The topological polar surface area (TPSA) is 69.4 Å². The fourth-order valence-electron chi connectivity index (χ4n) is 2.93. The predicted octanol–water partition coefficient (Wildman–Crippen LogP) is 4.84. The molecule has 0 bridgehead atoms. The van der Waals surface area contributed by atoms with Crippen LogP contribution in [0.5, 0.6) is 0 Å². The van der Waals surface area contributed by atoms with E-state index in [4.69, 9.17) is 9.15 Å². The van der Waals surface area contributed by atoms with Gasteiger partial charge < -0.3 is 9.15 Å². The van der Waals surface area contributed by atoms with E-state index >= 15 is 0 Å². The van der Waals surface area contributed by atoms with E-state index in [-0.39, 0.29) is 12.4 Å². The van der Waals surface area contributed by atoms with Crippen molar-refractivity contribution in [1.29, 1.82) is 0 Å². The molecule has 0 unspecified atom stereocenters. The lowest BCUT2D eigenvalue weighted by Gasteiger charge is -2.10. The minimum absolute atomic E-state index is 0.160. The summed E-state index contributed by atoms with van der Waals surface area (Å²) in [4.78, 5) is 29.4. The third-order valence-electron chi connectivity index (χ3n) is 4.41. The molecule has 5 nitrogen and oxygen atoms in total. The Morgan fingerprint density at radius 1 is 1.00 bits per heavy atom. The molecule has 0 aliphatic rings. The third-order valence-corrected chi connectivity index (χ3v) is 4.41. The molecule has 2 aromatic heterocycles. The van der Waals surface area contributed by atoms with E-state index in [1.807, 2.05) is 55.5 Å². The summed E-state index contributed by atoms with van der Waals surface area (Å²) < 4.78 is 10.3. The SMILES string of the molecule is Cc1ccc(-c2cc(C(=O)OCC(=O)c3ccco3)c3ccccc3n2)cc1. The number of rotatable bonds is 5. The van der Waals surface area contributed by atoms with Crippen LogP contribution in [0.4, 0.5) is 0 Å². The normalized spacial score (nSPS) is 10.8. The average Bonchev–Trinajstić information content (AvgIpc) is 3.26. The summed E-state index contributed by atoms with van der Waals surface area (Å²) in [5, 5.41) is 0.675. The van der Waals surface area contributed by atoms with Gasteiger partial charge in [0.15, 0.2) is 12.4 Å². The van der Waals surface area contributed by atoms with Gasteiger partial charge in [-0.1, -0.05) is 48.0 Å². The van der Waals surface area contributed by atoms with Crippen molar-refractivity contribution >= 4 is 22.7 Å².